The SMILES string of the molecule is N#Cc1ccc2[nH]cc(C(c3ccc(-c4nnc(-c5c[nH]c6ccccc56)o4)cc3)c3c[nH]c4ccc(C#N)cc34)c2c1. The highest BCUT2D eigenvalue weighted by molar-refractivity contribution is 5.93. The zero-order valence-electron chi connectivity index (χ0n) is 22.6. The first-order valence-corrected chi connectivity index (χ1v) is 13.7. The number of hydrogen-bond acceptors (Lipinski definition) is 5. The number of benzene rings is 4. The van der Waals surface area contributed by atoms with Crippen LogP contribution < -0.4 is 0 Å². The molecule has 202 valence electrons. The average molecular weight is 556 g/mol. The lowest BCUT2D eigenvalue weighted by atomic mass is 9.84. The van der Waals surface area contributed by atoms with Gasteiger partial charge in [-0.25, -0.2) is 0 Å². The molecule has 4 heterocycles. The number of aromatic amines is 3. The van der Waals surface area contributed by atoms with Crippen molar-refractivity contribution in [1.82, 2.24) is 25.1 Å². The van der Waals surface area contributed by atoms with Gasteiger partial charge >= 0.3 is 0 Å². The lowest BCUT2D eigenvalue weighted by molar-refractivity contribution is 0.585. The highest BCUT2D eigenvalue weighted by atomic mass is 16.4. The Morgan fingerprint density at radius 2 is 1.19 bits per heavy atom. The second-order valence-electron chi connectivity index (χ2n) is 10.4. The Bertz CT molecular complexity index is 2300. The molecule has 0 radical (unpaired) electrons. The first-order chi connectivity index (χ1) is 21.2. The monoisotopic (exact) mass is 555 g/mol. The molecule has 3 N–H and O–H groups in total. The van der Waals surface area contributed by atoms with Crippen LogP contribution in [0.2, 0.25) is 0 Å². The molecule has 0 aliphatic heterocycles. The lowest BCUT2D eigenvalue weighted by Gasteiger charge is -2.18. The van der Waals surface area contributed by atoms with E-state index in [1.807, 2.05) is 91.4 Å². The predicted molar refractivity (Wildman–Crippen MR) is 164 cm³/mol. The number of hydrogen-bond donors (Lipinski definition) is 3. The van der Waals surface area contributed by atoms with E-state index < -0.39 is 0 Å². The van der Waals surface area contributed by atoms with E-state index in [4.69, 9.17) is 4.42 Å². The van der Waals surface area contributed by atoms with Gasteiger partial charge in [-0.15, -0.1) is 10.2 Å². The summed E-state index contributed by atoms with van der Waals surface area (Å²) in [7, 11) is 0. The number of aromatic nitrogens is 5. The molecule has 4 aromatic heterocycles. The van der Waals surface area contributed by atoms with Crippen molar-refractivity contribution in [1.29, 1.82) is 10.5 Å². The number of nitrogens with zero attached hydrogens (tertiary/aromatic N) is 4. The number of rotatable bonds is 5. The smallest absolute Gasteiger partial charge is 0.250 e. The van der Waals surface area contributed by atoms with E-state index in [1.165, 1.54) is 0 Å². The fraction of sp³-hybridized carbons (Fsp3) is 0.0286. The summed E-state index contributed by atoms with van der Waals surface area (Å²) in [5.74, 6) is 0.692. The van der Waals surface area contributed by atoms with Gasteiger partial charge in [0.2, 0.25) is 11.8 Å². The number of nitriles is 2. The van der Waals surface area contributed by atoms with Crippen molar-refractivity contribution in [3.8, 4) is 35.0 Å². The van der Waals surface area contributed by atoms with Crippen molar-refractivity contribution in [3.05, 3.63) is 131 Å². The van der Waals surface area contributed by atoms with Gasteiger partial charge in [0.15, 0.2) is 0 Å². The molecule has 43 heavy (non-hydrogen) atoms. The standard InChI is InChI=1S/C35H21N7O/c36-15-20-5-11-31-25(13-20)27(17-38-31)33(28-18-39-32-12-6-21(16-37)14-26(28)32)22-7-9-23(10-8-22)34-41-42-35(43-34)29-19-40-30-4-2-1-3-24(29)30/h1-14,17-19,33,38-40H. The topological polar surface area (TPSA) is 134 Å². The molecule has 0 spiro atoms. The van der Waals surface area contributed by atoms with Crippen LogP contribution in [0, 0.1) is 22.7 Å². The van der Waals surface area contributed by atoms with Gasteiger partial charge in [0.1, 0.15) is 0 Å². The third-order valence-electron chi connectivity index (χ3n) is 8.04. The van der Waals surface area contributed by atoms with E-state index >= 15 is 0 Å². The van der Waals surface area contributed by atoms with Gasteiger partial charge in [-0.2, -0.15) is 10.5 Å². The van der Waals surface area contributed by atoms with Crippen LogP contribution in [0.15, 0.2) is 108 Å². The minimum Gasteiger partial charge on any atom is -0.416 e. The number of fused-ring (bicyclic) bond motifs is 3. The van der Waals surface area contributed by atoms with Gasteiger partial charge in [-0.3, -0.25) is 0 Å². The molecule has 0 unspecified atom stereocenters. The van der Waals surface area contributed by atoms with Crippen molar-refractivity contribution in [2.75, 3.05) is 0 Å². The van der Waals surface area contributed by atoms with Crippen LogP contribution >= 0.6 is 0 Å². The third kappa shape index (κ3) is 3.98. The second-order valence-corrected chi connectivity index (χ2v) is 10.4. The summed E-state index contributed by atoms with van der Waals surface area (Å²) in [5, 5.41) is 30.8. The molecule has 0 saturated heterocycles. The second kappa shape index (κ2) is 9.62. The van der Waals surface area contributed by atoms with Crippen LogP contribution in [-0.4, -0.2) is 25.1 Å². The van der Waals surface area contributed by atoms with E-state index in [0.29, 0.717) is 22.9 Å². The lowest BCUT2D eigenvalue weighted by Crippen LogP contribution is -2.02. The average Bonchev–Trinajstić information content (AvgIpc) is 3.87. The van der Waals surface area contributed by atoms with E-state index in [0.717, 1.165) is 60.5 Å². The zero-order chi connectivity index (χ0) is 28.9. The van der Waals surface area contributed by atoms with Crippen LogP contribution in [0.1, 0.15) is 33.7 Å². The highest BCUT2D eigenvalue weighted by Crippen LogP contribution is 2.40. The van der Waals surface area contributed by atoms with E-state index in [2.05, 4.69) is 49.4 Å². The maximum atomic E-state index is 9.60. The molecule has 0 fully saturated rings. The largest absolute Gasteiger partial charge is 0.416 e. The molecule has 8 aromatic rings. The molecule has 0 atom stereocenters. The summed E-state index contributed by atoms with van der Waals surface area (Å²) in [4.78, 5) is 10.0. The normalized spacial score (nSPS) is 11.4. The first kappa shape index (κ1) is 24.4. The van der Waals surface area contributed by atoms with Gasteiger partial charge in [0.05, 0.1) is 28.8 Å². The van der Waals surface area contributed by atoms with Crippen LogP contribution in [0.25, 0.3) is 55.6 Å². The van der Waals surface area contributed by atoms with Gasteiger partial charge in [-0.1, -0.05) is 30.3 Å². The Morgan fingerprint density at radius 1 is 0.605 bits per heavy atom. The quantitative estimate of drug-likeness (QED) is 0.199. The van der Waals surface area contributed by atoms with Gasteiger partial charge in [0, 0.05) is 62.8 Å². The van der Waals surface area contributed by atoms with E-state index in [1.54, 1.807) is 0 Å². The van der Waals surface area contributed by atoms with E-state index in [-0.39, 0.29) is 5.92 Å². The minimum absolute atomic E-state index is 0.191. The van der Waals surface area contributed by atoms with Crippen LogP contribution in [-0.2, 0) is 0 Å². The number of nitrogens with one attached hydrogen (secondary N) is 3. The van der Waals surface area contributed by atoms with Crippen LogP contribution in [0.3, 0.4) is 0 Å². The van der Waals surface area contributed by atoms with Gasteiger partial charge < -0.3 is 19.4 Å². The molecular formula is C35H21N7O. The molecule has 0 saturated carbocycles. The summed E-state index contributed by atoms with van der Waals surface area (Å²) < 4.78 is 6.12. The number of H-pyrrole nitrogens is 3. The maximum absolute atomic E-state index is 9.60. The zero-order valence-corrected chi connectivity index (χ0v) is 22.6. The Morgan fingerprint density at radius 3 is 1.84 bits per heavy atom. The maximum Gasteiger partial charge on any atom is 0.250 e. The number of para-hydroxylation sites is 1. The molecule has 0 bridgehead atoms. The Balaban J connectivity index is 1.24. The Hall–Kier alpha value is -6.38. The highest BCUT2D eigenvalue weighted by Gasteiger charge is 2.24. The van der Waals surface area contributed by atoms with Crippen molar-refractivity contribution < 1.29 is 4.42 Å². The predicted octanol–water partition coefficient (Wildman–Crippen LogP) is 7.77. The Labute approximate surface area is 244 Å². The molecule has 4 aromatic carbocycles. The Kier molecular flexibility index (Phi) is 5.46. The first-order valence-electron chi connectivity index (χ1n) is 13.7. The molecule has 0 aliphatic rings. The fourth-order valence-corrected chi connectivity index (χ4v) is 5.94. The molecule has 8 rings (SSSR count). The summed E-state index contributed by atoms with van der Waals surface area (Å²) in [6.45, 7) is 0. The fourth-order valence-electron chi connectivity index (χ4n) is 5.94. The molecular weight excluding hydrogens is 534 g/mol. The molecule has 8 heteroatoms. The van der Waals surface area contributed by atoms with Crippen LogP contribution in [0.4, 0.5) is 0 Å². The van der Waals surface area contributed by atoms with Crippen molar-refractivity contribution in [2.45, 2.75) is 5.92 Å². The summed E-state index contributed by atoms with van der Waals surface area (Å²) in [6.07, 6.45) is 5.89. The third-order valence-corrected chi connectivity index (χ3v) is 8.04. The minimum atomic E-state index is -0.191. The van der Waals surface area contributed by atoms with Crippen molar-refractivity contribution >= 4 is 32.7 Å². The van der Waals surface area contributed by atoms with Crippen LogP contribution in [0.5, 0.6) is 0 Å². The van der Waals surface area contributed by atoms with Crippen molar-refractivity contribution in [2.24, 2.45) is 0 Å². The van der Waals surface area contributed by atoms with Gasteiger partial charge in [0.25, 0.3) is 0 Å². The molecule has 8 nitrogen and oxygen atoms in total. The summed E-state index contributed by atoms with van der Waals surface area (Å²) in [6, 6.07) is 31.9. The summed E-state index contributed by atoms with van der Waals surface area (Å²) in [5.41, 5.74) is 8.84. The molecule has 0 amide bonds. The van der Waals surface area contributed by atoms with E-state index in [9.17, 15) is 10.5 Å². The molecule has 0 aliphatic carbocycles. The van der Waals surface area contributed by atoms with Gasteiger partial charge in [-0.05, 0) is 71.3 Å². The summed E-state index contributed by atoms with van der Waals surface area (Å²) >= 11 is 0. The van der Waals surface area contributed by atoms with Crippen molar-refractivity contribution in [3.63, 3.8) is 0 Å².